The van der Waals surface area contributed by atoms with Crippen molar-refractivity contribution in [1.82, 2.24) is 10.2 Å². The summed E-state index contributed by atoms with van der Waals surface area (Å²) >= 11 is 0. The molecule has 1 aromatic rings. The molecule has 0 saturated heterocycles. The summed E-state index contributed by atoms with van der Waals surface area (Å²) in [6, 6.07) is 4.18. The quantitative estimate of drug-likeness (QED) is 0.864. The minimum Gasteiger partial charge on any atom is -0.353 e. The van der Waals surface area contributed by atoms with E-state index in [-0.39, 0.29) is 36.0 Å². The lowest BCUT2D eigenvalue weighted by Gasteiger charge is -2.15. The number of fused-ring (bicyclic) bond motifs is 1. The summed E-state index contributed by atoms with van der Waals surface area (Å²) in [6.45, 7) is -0.0235. The fraction of sp³-hybridized carbons (Fsp3) is 0.438. The molecule has 22 heavy (non-hydrogen) atoms. The van der Waals surface area contributed by atoms with Crippen LogP contribution in [0, 0.1) is 5.82 Å². The molecule has 2 aliphatic rings. The Morgan fingerprint density at radius 1 is 1.23 bits per heavy atom. The summed E-state index contributed by atoms with van der Waals surface area (Å²) in [5, 5.41) is 2.90. The van der Waals surface area contributed by atoms with Gasteiger partial charge in [0.05, 0.1) is 11.1 Å². The second kappa shape index (κ2) is 5.87. The van der Waals surface area contributed by atoms with Crippen LogP contribution in [0.25, 0.3) is 0 Å². The maximum absolute atomic E-state index is 13.7. The predicted octanol–water partition coefficient (Wildman–Crippen LogP) is 1.87. The first-order valence-electron chi connectivity index (χ1n) is 7.52. The number of benzene rings is 1. The van der Waals surface area contributed by atoms with Gasteiger partial charge in [0.1, 0.15) is 5.82 Å². The number of carbonyl (C=O) groups excluding carboxylic acids is 3. The van der Waals surface area contributed by atoms with Gasteiger partial charge in [0.2, 0.25) is 5.91 Å². The number of carbonyl (C=O) groups is 3. The zero-order valence-electron chi connectivity index (χ0n) is 12.1. The lowest BCUT2D eigenvalue weighted by molar-refractivity contribution is -0.121. The van der Waals surface area contributed by atoms with Crippen LogP contribution in [0.2, 0.25) is 0 Å². The molecule has 1 fully saturated rings. The van der Waals surface area contributed by atoms with Crippen LogP contribution < -0.4 is 5.32 Å². The Morgan fingerprint density at radius 3 is 2.64 bits per heavy atom. The zero-order chi connectivity index (χ0) is 15.7. The smallest absolute Gasteiger partial charge is 0.264 e. The Balaban J connectivity index is 1.62. The van der Waals surface area contributed by atoms with Gasteiger partial charge in [-0.25, -0.2) is 4.39 Å². The van der Waals surface area contributed by atoms with Gasteiger partial charge in [0.15, 0.2) is 0 Å². The van der Waals surface area contributed by atoms with E-state index in [1.807, 2.05) is 0 Å². The van der Waals surface area contributed by atoms with Crippen molar-refractivity contribution in [3.8, 4) is 0 Å². The third-order valence-corrected chi connectivity index (χ3v) is 4.23. The topological polar surface area (TPSA) is 66.5 Å². The summed E-state index contributed by atoms with van der Waals surface area (Å²) < 4.78 is 13.7. The Morgan fingerprint density at radius 2 is 1.95 bits per heavy atom. The zero-order valence-corrected chi connectivity index (χ0v) is 12.1. The average Bonchev–Trinajstić information content (AvgIpc) is 3.06. The van der Waals surface area contributed by atoms with Crippen LogP contribution >= 0.6 is 0 Å². The van der Waals surface area contributed by atoms with Crippen LogP contribution in [0.1, 0.15) is 52.8 Å². The van der Waals surface area contributed by atoms with Gasteiger partial charge in [-0.3, -0.25) is 19.3 Å². The van der Waals surface area contributed by atoms with E-state index in [4.69, 9.17) is 0 Å². The van der Waals surface area contributed by atoms with Gasteiger partial charge in [-0.1, -0.05) is 18.9 Å². The largest absolute Gasteiger partial charge is 0.353 e. The second-order valence-corrected chi connectivity index (χ2v) is 5.72. The molecule has 1 aromatic carbocycles. The van der Waals surface area contributed by atoms with E-state index < -0.39 is 17.6 Å². The van der Waals surface area contributed by atoms with Crippen LogP contribution in [0.5, 0.6) is 0 Å². The fourth-order valence-corrected chi connectivity index (χ4v) is 3.08. The number of nitrogens with zero attached hydrogens (tertiary/aromatic N) is 1. The summed E-state index contributed by atoms with van der Waals surface area (Å²) in [5.74, 6) is -2.07. The van der Waals surface area contributed by atoms with Crippen LogP contribution in [0.4, 0.5) is 4.39 Å². The number of amides is 3. The molecule has 1 aliphatic heterocycles. The van der Waals surface area contributed by atoms with Crippen molar-refractivity contribution in [2.24, 2.45) is 0 Å². The highest BCUT2D eigenvalue weighted by molar-refractivity contribution is 6.21. The highest BCUT2D eigenvalue weighted by atomic mass is 19.1. The SMILES string of the molecule is O=C(CCN1C(=O)c2cccc(F)c2C1=O)NC1CCCC1. The van der Waals surface area contributed by atoms with Gasteiger partial charge >= 0.3 is 0 Å². The maximum atomic E-state index is 13.7. The fourth-order valence-electron chi connectivity index (χ4n) is 3.08. The molecule has 1 heterocycles. The van der Waals surface area contributed by atoms with Crippen LogP contribution in [0.15, 0.2) is 18.2 Å². The lowest BCUT2D eigenvalue weighted by Crippen LogP contribution is -2.37. The molecule has 3 rings (SSSR count). The summed E-state index contributed by atoms with van der Waals surface area (Å²) in [4.78, 5) is 37.1. The molecule has 0 radical (unpaired) electrons. The number of rotatable bonds is 4. The van der Waals surface area contributed by atoms with E-state index in [0.717, 1.165) is 36.6 Å². The van der Waals surface area contributed by atoms with E-state index in [9.17, 15) is 18.8 Å². The summed E-state index contributed by atoms with van der Waals surface area (Å²) in [5.41, 5.74) is -0.120. The first kappa shape index (κ1) is 14.7. The standard InChI is InChI=1S/C16H17FN2O3/c17-12-7-3-6-11-14(12)16(22)19(15(11)21)9-8-13(20)18-10-4-1-2-5-10/h3,6-7,10H,1-2,4-5,8-9H2,(H,18,20). The molecule has 116 valence electrons. The van der Waals surface area contributed by atoms with Crippen molar-refractivity contribution in [1.29, 1.82) is 0 Å². The number of halogens is 1. The Labute approximate surface area is 127 Å². The predicted molar refractivity (Wildman–Crippen MR) is 76.8 cm³/mol. The van der Waals surface area contributed by atoms with Crippen LogP contribution in [-0.4, -0.2) is 35.2 Å². The minimum atomic E-state index is -0.700. The Kier molecular flexibility index (Phi) is 3.92. The van der Waals surface area contributed by atoms with Gasteiger partial charge in [0.25, 0.3) is 11.8 Å². The third-order valence-electron chi connectivity index (χ3n) is 4.23. The molecular formula is C16H17FN2O3. The number of hydrogen-bond acceptors (Lipinski definition) is 3. The molecule has 3 amide bonds. The normalized spacial score (nSPS) is 18.0. The molecule has 0 bridgehead atoms. The molecule has 0 unspecified atom stereocenters. The highest BCUT2D eigenvalue weighted by Crippen LogP contribution is 2.25. The van der Waals surface area contributed by atoms with Gasteiger partial charge in [-0.15, -0.1) is 0 Å². The third kappa shape index (κ3) is 2.61. The van der Waals surface area contributed by atoms with Crippen molar-refractivity contribution >= 4 is 17.7 Å². The molecule has 1 aliphatic carbocycles. The summed E-state index contributed by atoms with van der Waals surface area (Å²) in [6.07, 6.45) is 4.22. The molecule has 0 atom stereocenters. The van der Waals surface area contributed by atoms with Gasteiger partial charge in [0, 0.05) is 19.0 Å². The van der Waals surface area contributed by atoms with Crippen molar-refractivity contribution in [3.63, 3.8) is 0 Å². The highest BCUT2D eigenvalue weighted by Gasteiger charge is 2.37. The number of hydrogen-bond donors (Lipinski definition) is 1. The monoisotopic (exact) mass is 304 g/mol. The van der Waals surface area contributed by atoms with Crippen molar-refractivity contribution in [2.75, 3.05) is 6.54 Å². The van der Waals surface area contributed by atoms with Gasteiger partial charge in [-0.05, 0) is 25.0 Å². The first-order valence-corrected chi connectivity index (χ1v) is 7.52. The summed E-state index contributed by atoms with van der Waals surface area (Å²) in [7, 11) is 0. The van der Waals surface area contributed by atoms with Crippen molar-refractivity contribution < 1.29 is 18.8 Å². The number of imide groups is 1. The lowest BCUT2D eigenvalue weighted by atomic mass is 10.1. The molecule has 1 N–H and O–H groups in total. The maximum Gasteiger partial charge on any atom is 0.264 e. The molecule has 0 aromatic heterocycles. The molecule has 6 heteroatoms. The average molecular weight is 304 g/mol. The van der Waals surface area contributed by atoms with Crippen molar-refractivity contribution in [3.05, 3.63) is 35.1 Å². The number of nitrogens with one attached hydrogen (secondary N) is 1. The molecular weight excluding hydrogens is 287 g/mol. The van der Waals surface area contributed by atoms with Gasteiger partial charge in [-0.2, -0.15) is 0 Å². The first-order chi connectivity index (χ1) is 10.6. The molecule has 5 nitrogen and oxygen atoms in total. The second-order valence-electron chi connectivity index (χ2n) is 5.72. The van der Waals surface area contributed by atoms with E-state index in [0.29, 0.717) is 0 Å². The Bertz CT molecular complexity index is 638. The Hall–Kier alpha value is -2.24. The van der Waals surface area contributed by atoms with Crippen LogP contribution in [0.3, 0.4) is 0 Å². The molecule has 0 spiro atoms. The van der Waals surface area contributed by atoms with E-state index in [1.165, 1.54) is 12.1 Å². The van der Waals surface area contributed by atoms with Crippen molar-refractivity contribution in [2.45, 2.75) is 38.1 Å². The van der Waals surface area contributed by atoms with E-state index in [1.54, 1.807) is 0 Å². The van der Waals surface area contributed by atoms with E-state index >= 15 is 0 Å². The minimum absolute atomic E-state index is 0.0235. The molecule has 1 saturated carbocycles. The van der Waals surface area contributed by atoms with E-state index in [2.05, 4.69) is 5.32 Å². The van der Waals surface area contributed by atoms with Crippen LogP contribution in [-0.2, 0) is 4.79 Å². The van der Waals surface area contributed by atoms with Gasteiger partial charge < -0.3 is 5.32 Å².